The number of carbonyl (C=O) groups is 2. The van der Waals surface area contributed by atoms with Crippen LogP contribution < -0.4 is 5.32 Å². The molecular formula is C8H14N2O4. The minimum atomic E-state index is -0.762. The molecule has 0 aromatic heterocycles. The van der Waals surface area contributed by atoms with E-state index in [-0.39, 0.29) is 6.54 Å². The van der Waals surface area contributed by atoms with Crippen molar-refractivity contribution in [1.82, 2.24) is 10.2 Å². The Hall–Kier alpha value is -1.14. The summed E-state index contributed by atoms with van der Waals surface area (Å²) in [6, 6.07) is 0. The van der Waals surface area contributed by atoms with Gasteiger partial charge in [0.15, 0.2) is 0 Å². The van der Waals surface area contributed by atoms with E-state index in [4.69, 9.17) is 0 Å². The summed E-state index contributed by atoms with van der Waals surface area (Å²) >= 11 is 0. The number of carbonyl (C=O) groups excluding carboxylic acids is 2. The second-order valence-corrected chi connectivity index (χ2v) is 3.68. The number of rotatable bonds is 2. The number of β-amino-alcohol motifs (C(OH)–C–C–N with tert-alkyl or cyclic N) is 1. The smallest absolute Gasteiger partial charge is 0.413 e. The van der Waals surface area contributed by atoms with Gasteiger partial charge in [0.25, 0.3) is 0 Å². The van der Waals surface area contributed by atoms with Crippen LogP contribution in [0.5, 0.6) is 0 Å². The van der Waals surface area contributed by atoms with Gasteiger partial charge in [-0.05, 0) is 6.92 Å². The Morgan fingerprint density at radius 3 is 2.57 bits per heavy atom. The molecule has 0 aromatic rings. The van der Waals surface area contributed by atoms with Crippen molar-refractivity contribution in [1.29, 1.82) is 0 Å². The number of alkyl carbamates (subject to hydrolysis) is 1. The summed E-state index contributed by atoms with van der Waals surface area (Å²) in [4.78, 5) is 23.4. The number of aliphatic hydroxyl groups is 1. The van der Waals surface area contributed by atoms with Gasteiger partial charge in [0.05, 0.1) is 19.3 Å². The molecule has 2 N–H and O–H groups in total. The number of hydrogen-bond acceptors (Lipinski definition) is 5. The van der Waals surface area contributed by atoms with Crippen molar-refractivity contribution in [3.8, 4) is 0 Å². The average Bonchev–Trinajstić information content (AvgIpc) is 2.00. The van der Waals surface area contributed by atoms with Crippen LogP contribution in [0, 0.1) is 0 Å². The Labute approximate surface area is 81.8 Å². The normalized spacial score (nSPS) is 19.6. The molecule has 0 aromatic carbocycles. The standard InChI is InChI=1S/C8H14N2O4/c1-8(13)4-10(5-8)3-6(11)9-7(12)14-2/h13H,3-5H2,1-2H3,(H,9,11,12). The number of nitrogens with one attached hydrogen (secondary N) is 1. The molecule has 1 fully saturated rings. The van der Waals surface area contributed by atoms with Gasteiger partial charge in [-0.3, -0.25) is 15.0 Å². The van der Waals surface area contributed by atoms with Crippen molar-refractivity contribution in [2.45, 2.75) is 12.5 Å². The first-order valence-electron chi connectivity index (χ1n) is 4.25. The van der Waals surface area contributed by atoms with Crippen LogP contribution >= 0.6 is 0 Å². The lowest BCUT2D eigenvalue weighted by molar-refractivity contribution is -0.129. The maximum Gasteiger partial charge on any atom is 0.413 e. The Kier molecular flexibility index (Phi) is 3.07. The molecule has 0 unspecified atom stereocenters. The summed E-state index contributed by atoms with van der Waals surface area (Å²) in [6.07, 6.45) is -0.762. The zero-order chi connectivity index (χ0) is 10.8. The highest BCUT2D eigenvalue weighted by atomic mass is 16.5. The quantitative estimate of drug-likeness (QED) is 0.596. The second kappa shape index (κ2) is 3.93. The molecule has 0 saturated carbocycles. The van der Waals surface area contributed by atoms with Gasteiger partial charge in [-0.2, -0.15) is 0 Å². The van der Waals surface area contributed by atoms with Crippen LogP contribution in [0.25, 0.3) is 0 Å². The van der Waals surface area contributed by atoms with E-state index in [1.807, 2.05) is 5.32 Å². The summed E-state index contributed by atoms with van der Waals surface area (Å²) in [5, 5.41) is 11.4. The largest absolute Gasteiger partial charge is 0.453 e. The Balaban J connectivity index is 2.20. The number of imide groups is 1. The van der Waals surface area contributed by atoms with Gasteiger partial charge < -0.3 is 9.84 Å². The summed E-state index contributed by atoms with van der Waals surface area (Å²) in [6.45, 7) is 2.69. The molecule has 14 heavy (non-hydrogen) atoms. The van der Waals surface area contributed by atoms with E-state index in [1.54, 1.807) is 11.8 Å². The maximum absolute atomic E-state index is 11.1. The summed E-state index contributed by atoms with van der Waals surface area (Å²) in [7, 11) is 1.19. The maximum atomic E-state index is 11.1. The zero-order valence-electron chi connectivity index (χ0n) is 8.24. The molecule has 1 rings (SSSR count). The summed E-state index contributed by atoms with van der Waals surface area (Å²) in [5.41, 5.74) is -0.703. The van der Waals surface area contributed by atoms with E-state index in [0.717, 1.165) is 0 Å². The number of nitrogens with zero attached hydrogens (tertiary/aromatic N) is 1. The van der Waals surface area contributed by atoms with E-state index in [1.165, 1.54) is 7.11 Å². The molecule has 1 heterocycles. The highest BCUT2D eigenvalue weighted by molar-refractivity contribution is 5.92. The molecule has 1 saturated heterocycles. The summed E-state index contributed by atoms with van der Waals surface area (Å²) in [5.74, 6) is -0.424. The highest BCUT2D eigenvalue weighted by Gasteiger charge is 2.37. The molecular weight excluding hydrogens is 188 g/mol. The fraction of sp³-hybridized carbons (Fsp3) is 0.750. The molecule has 80 valence electrons. The average molecular weight is 202 g/mol. The van der Waals surface area contributed by atoms with Gasteiger partial charge in [0.2, 0.25) is 5.91 Å². The molecule has 0 spiro atoms. The van der Waals surface area contributed by atoms with E-state index in [9.17, 15) is 14.7 Å². The third-order valence-corrected chi connectivity index (χ3v) is 1.92. The Morgan fingerprint density at radius 2 is 2.14 bits per heavy atom. The van der Waals surface area contributed by atoms with Gasteiger partial charge >= 0.3 is 6.09 Å². The predicted octanol–water partition coefficient (Wildman–Crippen LogP) is -1.06. The van der Waals surface area contributed by atoms with Crippen molar-refractivity contribution in [3.05, 3.63) is 0 Å². The van der Waals surface area contributed by atoms with Gasteiger partial charge in [-0.15, -0.1) is 0 Å². The predicted molar refractivity (Wildman–Crippen MR) is 47.6 cm³/mol. The fourth-order valence-electron chi connectivity index (χ4n) is 1.44. The molecule has 0 bridgehead atoms. The minimum absolute atomic E-state index is 0.102. The lowest BCUT2D eigenvalue weighted by Crippen LogP contribution is -2.61. The van der Waals surface area contributed by atoms with E-state index >= 15 is 0 Å². The van der Waals surface area contributed by atoms with Crippen LogP contribution in [0.2, 0.25) is 0 Å². The van der Waals surface area contributed by atoms with Crippen LogP contribution in [-0.4, -0.2) is 54.4 Å². The molecule has 2 amide bonds. The first-order chi connectivity index (χ1) is 6.43. The summed E-state index contributed by atoms with van der Waals surface area (Å²) < 4.78 is 4.26. The first kappa shape index (κ1) is 10.9. The van der Waals surface area contributed by atoms with E-state index < -0.39 is 17.6 Å². The minimum Gasteiger partial charge on any atom is -0.453 e. The molecule has 6 nitrogen and oxygen atoms in total. The monoisotopic (exact) mass is 202 g/mol. The van der Waals surface area contributed by atoms with E-state index in [2.05, 4.69) is 4.74 Å². The topological polar surface area (TPSA) is 78.9 Å². The van der Waals surface area contributed by atoms with Crippen molar-refractivity contribution in [3.63, 3.8) is 0 Å². The number of likely N-dealkylation sites (tertiary alicyclic amines) is 1. The number of amides is 2. The SMILES string of the molecule is COC(=O)NC(=O)CN1CC(C)(O)C1. The molecule has 0 aliphatic carbocycles. The van der Waals surface area contributed by atoms with Crippen LogP contribution in [0.15, 0.2) is 0 Å². The number of hydrogen-bond donors (Lipinski definition) is 2. The number of ether oxygens (including phenoxy) is 1. The molecule has 6 heteroatoms. The van der Waals surface area contributed by atoms with Crippen LogP contribution in [0.1, 0.15) is 6.92 Å². The number of methoxy groups -OCH3 is 1. The second-order valence-electron chi connectivity index (χ2n) is 3.68. The third kappa shape index (κ3) is 2.97. The third-order valence-electron chi connectivity index (χ3n) is 1.92. The van der Waals surface area contributed by atoms with Crippen LogP contribution in [0.3, 0.4) is 0 Å². The molecule has 1 aliphatic heterocycles. The highest BCUT2D eigenvalue weighted by Crippen LogP contribution is 2.18. The zero-order valence-corrected chi connectivity index (χ0v) is 8.24. The molecule has 1 aliphatic rings. The van der Waals surface area contributed by atoms with Crippen LogP contribution in [0.4, 0.5) is 4.79 Å². The van der Waals surface area contributed by atoms with Gasteiger partial charge in [-0.25, -0.2) is 4.79 Å². The first-order valence-corrected chi connectivity index (χ1v) is 4.25. The molecule has 0 atom stereocenters. The fourth-order valence-corrected chi connectivity index (χ4v) is 1.44. The lowest BCUT2D eigenvalue weighted by atomic mass is 9.97. The lowest BCUT2D eigenvalue weighted by Gasteiger charge is -2.43. The van der Waals surface area contributed by atoms with Crippen LogP contribution in [-0.2, 0) is 9.53 Å². The van der Waals surface area contributed by atoms with Crippen molar-refractivity contribution < 1.29 is 19.4 Å². The van der Waals surface area contributed by atoms with Gasteiger partial charge in [-0.1, -0.05) is 0 Å². The van der Waals surface area contributed by atoms with E-state index in [0.29, 0.717) is 13.1 Å². The Morgan fingerprint density at radius 1 is 1.57 bits per heavy atom. The van der Waals surface area contributed by atoms with Crippen molar-refractivity contribution in [2.75, 3.05) is 26.7 Å². The van der Waals surface area contributed by atoms with Gasteiger partial charge in [0.1, 0.15) is 0 Å². The van der Waals surface area contributed by atoms with Gasteiger partial charge in [0, 0.05) is 13.1 Å². The van der Waals surface area contributed by atoms with Crippen molar-refractivity contribution in [2.24, 2.45) is 0 Å². The Bertz CT molecular complexity index is 244. The van der Waals surface area contributed by atoms with Crippen molar-refractivity contribution >= 4 is 12.0 Å². The molecule has 0 radical (unpaired) electrons.